The van der Waals surface area contributed by atoms with Crippen molar-refractivity contribution in [1.29, 1.82) is 0 Å². The molecule has 0 atom stereocenters. The highest BCUT2D eigenvalue weighted by Crippen LogP contribution is 2.25. The molecule has 1 heterocycles. The van der Waals surface area contributed by atoms with Crippen LogP contribution in [0.25, 0.3) is 0 Å². The largest absolute Gasteiger partial charge is 0.385 e. The lowest BCUT2D eigenvalue weighted by Crippen LogP contribution is -2.13. The summed E-state index contributed by atoms with van der Waals surface area (Å²) in [6.07, 6.45) is 4.70. The number of hydrogen-bond acceptors (Lipinski definition) is 2. The summed E-state index contributed by atoms with van der Waals surface area (Å²) >= 11 is 0. The number of hydrogen-bond donors (Lipinski definition) is 2. The summed E-state index contributed by atoms with van der Waals surface area (Å²) in [6, 6.07) is 6.56. The fourth-order valence-corrected chi connectivity index (χ4v) is 2.11. The van der Waals surface area contributed by atoms with Gasteiger partial charge in [-0.3, -0.25) is 0 Å². The smallest absolute Gasteiger partial charge is 0.0375 e. The first-order valence-corrected chi connectivity index (χ1v) is 5.46. The van der Waals surface area contributed by atoms with Crippen LogP contribution in [0.15, 0.2) is 18.2 Å². The Morgan fingerprint density at radius 2 is 2.29 bits per heavy atom. The molecule has 1 aliphatic heterocycles. The molecule has 0 saturated carbocycles. The van der Waals surface area contributed by atoms with Crippen molar-refractivity contribution in [1.82, 2.24) is 0 Å². The van der Waals surface area contributed by atoms with Crippen LogP contribution < -0.4 is 11.1 Å². The molecule has 2 nitrogen and oxygen atoms in total. The van der Waals surface area contributed by atoms with Crippen LogP contribution >= 0.6 is 0 Å². The summed E-state index contributed by atoms with van der Waals surface area (Å²) in [7, 11) is 0. The van der Waals surface area contributed by atoms with Crippen LogP contribution in [0.5, 0.6) is 0 Å². The number of rotatable bonds is 3. The van der Waals surface area contributed by atoms with E-state index >= 15 is 0 Å². The molecule has 1 aromatic rings. The van der Waals surface area contributed by atoms with E-state index in [0.29, 0.717) is 0 Å². The Morgan fingerprint density at radius 3 is 3.14 bits per heavy atom. The van der Waals surface area contributed by atoms with Crippen molar-refractivity contribution in [2.24, 2.45) is 5.73 Å². The van der Waals surface area contributed by atoms with Crippen molar-refractivity contribution >= 4 is 5.69 Å². The van der Waals surface area contributed by atoms with E-state index in [0.717, 1.165) is 25.9 Å². The SMILES string of the molecule is NCCCc1cccc2c1CCCN2. The Morgan fingerprint density at radius 1 is 1.36 bits per heavy atom. The van der Waals surface area contributed by atoms with Gasteiger partial charge in [-0.25, -0.2) is 0 Å². The first-order chi connectivity index (χ1) is 6.92. The van der Waals surface area contributed by atoms with Crippen LogP contribution in [-0.4, -0.2) is 13.1 Å². The van der Waals surface area contributed by atoms with Crippen molar-refractivity contribution in [2.45, 2.75) is 25.7 Å². The van der Waals surface area contributed by atoms with Crippen LogP contribution in [0.1, 0.15) is 24.0 Å². The Labute approximate surface area is 85.5 Å². The van der Waals surface area contributed by atoms with Crippen LogP contribution in [0.4, 0.5) is 5.69 Å². The second-order valence-electron chi connectivity index (χ2n) is 3.87. The van der Waals surface area contributed by atoms with Gasteiger partial charge in [-0.15, -0.1) is 0 Å². The van der Waals surface area contributed by atoms with Crippen LogP contribution in [0, 0.1) is 0 Å². The van der Waals surface area contributed by atoms with Gasteiger partial charge in [0.05, 0.1) is 0 Å². The minimum absolute atomic E-state index is 0.789. The molecule has 14 heavy (non-hydrogen) atoms. The normalized spacial score (nSPS) is 14.6. The number of anilines is 1. The van der Waals surface area contributed by atoms with E-state index < -0.39 is 0 Å². The van der Waals surface area contributed by atoms with E-state index in [4.69, 9.17) is 5.73 Å². The third kappa shape index (κ3) is 1.90. The molecule has 0 bridgehead atoms. The third-order valence-electron chi connectivity index (χ3n) is 2.84. The van der Waals surface area contributed by atoms with Gasteiger partial charge in [0.25, 0.3) is 0 Å². The minimum atomic E-state index is 0.789. The van der Waals surface area contributed by atoms with Crippen LogP contribution in [0.3, 0.4) is 0 Å². The highest BCUT2D eigenvalue weighted by molar-refractivity contribution is 5.56. The lowest BCUT2D eigenvalue weighted by atomic mass is 9.95. The standard InChI is InChI=1S/C12H18N2/c13-8-2-5-10-4-1-7-12-11(10)6-3-9-14-12/h1,4,7,14H,2-3,5-6,8-9,13H2. The van der Waals surface area contributed by atoms with E-state index in [1.165, 1.54) is 29.7 Å². The summed E-state index contributed by atoms with van der Waals surface area (Å²) in [5.41, 5.74) is 9.88. The predicted molar refractivity (Wildman–Crippen MR) is 60.6 cm³/mol. The molecule has 2 rings (SSSR count). The van der Waals surface area contributed by atoms with E-state index in [9.17, 15) is 0 Å². The summed E-state index contributed by atoms with van der Waals surface area (Å²) in [5, 5.41) is 3.45. The van der Waals surface area contributed by atoms with Crippen molar-refractivity contribution in [3.05, 3.63) is 29.3 Å². The summed E-state index contributed by atoms with van der Waals surface area (Å²) < 4.78 is 0. The molecule has 3 N–H and O–H groups in total. The second kappa shape index (κ2) is 4.47. The van der Waals surface area contributed by atoms with Gasteiger partial charge in [0.1, 0.15) is 0 Å². The highest BCUT2D eigenvalue weighted by atomic mass is 14.9. The number of aryl methyl sites for hydroxylation is 1. The molecule has 2 heteroatoms. The van der Waals surface area contributed by atoms with Crippen molar-refractivity contribution in [2.75, 3.05) is 18.4 Å². The summed E-state index contributed by atoms with van der Waals surface area (Å²) in [6.45, 7) is 1.91. The molecule has 76 valence electrons. The van der Waals surface area contributed by atoms with Crippen molar-refractivity contribution in [3.63, 3.8) is 0 Å². The fourth-order valence-electron chi connectivity index (χ4n) is 2.11. The van der Waals surface area contributed by atoms with Gasteiger partial charge in [-0.2, -0.15) is 0 Å². The maximum atomic E-state index is 5.54. The molecule has 0 aromatic heterocycles. The van der Waals surface area contributed by atoms with Gasteiger partial charge < -0.3 is 11.1 Å². The molecule has 1 aliphatic rings. The lowest BCUT2D eigenvalue weighted by Gasteiger charge is -2.20. The van der Waals surface area contributed by atoms with Crippen molar-refractivity contribution in [3.8, 4) is 0 Å². The number of fused-ring (bicyclic) bond motifs is 1. The van der Waals surface area contributed by atoms with Gasteiger partial charge in [-0.05, 0) is 49.4 Å². The zero-order valence-corrected chi connectivity index (χ0v) is 8.55. The average Bonchev–Trinajstić information content (AvgIpc) is 2.26. The van der Waals surface area contributed by atoms with E-state index in [-0.39, 0.29) is 0 Å². The Balaban J connectivity index is 2.21. The Kier molecular flexibility index (Phi) is 3.04. The molecule has 0 saturated heterocycles. The van der Waals surface area contributed by atoms with Gasteiger partial charge in [0, 0.05) is 12.2 Å². The topological polar surface area (TPSA) is 38.0 Å². The second-order valence-corrected chi connectivity index (χ2v) is 3.87. The molecule has 0 aliphatic carbocycles. The van der Waals surface area contributed by atoms with E-state index in [2.05, 4.69) is 23.5 Å². The number of benzene rings is 1. The Bertz CT molecular complexity index is 307. The highest BCUT2D eigenvalue weighted by Gasteiger charge is 2.11. The van der Waals surface area contributed by atoms with Gasteiger partial charge in [0.15, 0.2) is 0 Å². The molecule has 0 spiro atoms. The van der Waals surface area contributed by atoms with Crippen molar-refractivity contribution < 1.29 is 0 Å². The minimum Gasteiger partial charge on any atom is -0.385 e. The first kappa shape index (κ1) is 9.53. The molecule has 0 amide bonds. The lowest BCUT2D eigenvalue weighted by molar-refractivity contribution is 0.784. The monoisotopic (exact) mass is 190 g/mol. The van der Waals surface area contributed by atoms with Crippen LogP contribution in [-0.2, 0) is 12.8 Å². The third-order valence-corrected chi connectivity index (χ3v) is 2.84. The Hall–Kier alpha value is -1.02. The van der Waals surface area contributed by atoms with Gasteiger partial charge >= 0.3 is 0 Å². The maximum Gasteiger partial charge on any atom is 0.0375 e. The zero-order valence-electron chi connectivity index (χ0n) is 8.55. The average molecular weight is 190 g/mol. The molecular weight excluding hydrogens is 172 g/mol. The number of nitrogens with one attached hydrogen (secondary N) is 1. The predicted octanol–water partition coefficient (Wildman–Crippen LogP) is 1.94. The maximum absolute atomic E-state index is 5.54. The molecule has 0 unspecified atom stereocenters. The van der Waals surface area contributed by atoms with Gasteiger partial charge in [-0.1, -0.05) is 12.1 Å². The quantitative estimate of drug-likeness (QED) is 0.764. The van der Waals surface area contributed by atoms with E-state index in [1.54, 1.807) is 0 Å². The van der Waals surface area contributed by atoms with Crippen LogP contribution in [0.2, 0.25) is 0 Å². The van der Waals surface area contributed by atoms with E-state index in [1.807, 2.05) is 0 Å². The summed E-state index contributed by atoms with van der Waals surface area (Å²) in [4.78, 5) is 0. The molecule has 0 fully saturated rings. The first-order valence-electron chi connectivity index (χ1n) is 5.46. The molecular formula is C12H18N2. The summed E-state index contributed by atoms with van der Waals surface area (Å²) in [5.74, 6) is 0. The van der Waals surface area contributed by atoms with Gasteiger partial charge in [0.2, 0.25) is 0 Å². The molecule has 1 aromatic carbocycles. The fraction of sp³-hybridized carbons (Fsp3) is 0.500. The number of nitrogens with two attached hydrogens (primary N) is 1. The molecule has 0 radical (unpaired) electrons. The zero-order chi connectivity index (χ0) is 9.80.